The van der Waals surface area contributed by atoms with Crippen LogP contribution in [0.25, 0.3) is 98.1 Å². The molecule has 4 nitrogen and oxygen atoms in total. The summed E-state index contributed by atoms with van der Waals surface area (Å²) in [4.78, 5) is 22.4. The van der Waals surface area contributed by atoms with Crippen LogP contribution in [0.1, 0.15) is 22.3 Å². The number of fused-ring (bicyclic) bond motifs is 9. The van der Waals surface area contributed by atoms with E-state index in [1.54, 1.807) is 22.7 Å². The van der Waals surface area contributed by atoms with Crippen molar-refractivity contribution in [1.82, 2.24) is 19.9 Å². The van der Waals surface area contributed by atoms with Gasteiger partial charge in [-0.1, -0.05) is 133 Å². The molecule has 0 aliphatic heterocycles. The SMILES string of the molecule is c1csc(-c2ccc3c(c2)C(c2ccc(-c4ccc5ccc6cccnc6c5n4)cc2)(c2ccc(-c4ccc5ccc6cccnc6c5n4)cc2)c2cc(-c4cccs4)ccc2-3)c1. The van der Waals surface area contributed by atoms with Gasteiger partial charge in [0.2, 0.25) is 0 Å². The molecule has 0 bridgehead atoms. The average Bonchev–Trinajstić information content (AvgIpc) is 4.15. The summed E-state index contributed by atoms with van der Waals surface area (Å²) >= 11 is 3.56. The monoisotopic (exact) mass is 838 g/mol. The molecule has 294 valence electrons. The largest absolute Gasteiger partial charge is 0.254 e. The van der Waals surface area contributed by atoms with Crippen LogP contribution in [0.5, 0.6) is 0 Å². The maximum absolute atomic E-state index is 5.23. The molecule has 0 radical (unpaired) electrons. The van der Waals surface area contributed by atoms with E-state index in [-0.39, 0.29) is 0 Å². The second-order valence-electron chi connectivity index (χ2n) is 16.2. The highest BCUT2D eigenvalue weighted by Gasteiger charge is 2.46. The lowest BCUT2D eigenvalue weighted by molar-refractivity contribution is 0.769. The van der Waals surface area contributed by atoms with Crippen LogP contribution in [0.2, 0.25) is 0 Å². The van der Waals surface area contributed by atoms with E-state index in [1.165, 1.54) is 54.3 Å². The molecule has 0 saturated heterocycles. The van der Waals surface area contributed by atoms with Gasteiger partial charge in [0.15, 0.2) is 0 Å². The summed E-state index contributed by atoms with van der Waals surface area (Å²) in [5.41, 5.74) is 16.9. The standard InChI is InChI=1S/C57H34N4S2/c1-5-37-9-11-39-19-27-49(60-55(39)53(37)58-29-1)35-13-21-43(22-14-35)57(44-23-15-36(16-24-44)50-28-20-40-12-10-38-6-2-30-59-54(38)56(40)61-50)47-33-41(51-7-3-31-62-51)17-25-45(47)46-26-18-42(34-48(46)57)52-8-4-32-63-52/h1-34H. The Balaban J connectivity index is 1.03. The summed E-state index contributed by atoms with van der Waals surface area (Å²) in [6, 6.07) is 66.4. The fourth-order valence-corrected chi connectivity index (χ4v) is 11.3. The minimum atomic E-state index is -0.643. The molecule has 1 aliphatic rings. The first kappa shape index (κ1) is 36.1. The van der Waals surface area contributed by atoms with Gasteiger partial charge in [0.05, 0.1) is 38.9 Å². The smallest absolute Gasteiger partial charge is 0.0972 e. The Labute approximate surface area is 371 Å². The first-order valence-electron chi connectivity index (χ1n) is 21.1. The van der Waals surface area contributed by atoms with E-state index >= 15 is 0 Å². The summed E-state index contributed by atoms with van der Waals surface area (Å²) in [5, 5.41) is 8.65. The van der Waals surface area contributed by atoms with Gasteiger partial charge in [-0.05, 0) is 104 Å². The van der Waals surface area contributed by atoms with Gasteiger partial charge < -0.3 is 0 Å². The van der Waals surface area contributed by atoms with Crippen LogP contribution in [0.15, 0.2) is 205 Å². The normalized spacial score (nSPS) is 12.9. The summed E-state index contributed by atoms with van der Waals surface area (Å²) in [6.07, 6.45) is 3.69. The molecule has 6 aromatic carbocycles. The van der Waals surface area contributed by atoms with Crippen molar-refractivity contribution in [2.45, 2.75) is 5.41 Å². The molecule has 0 N–H and O–H groups in total. The van der Waals surface area contributed by atoms with Gasteiger partial charge in [0.1, 0.15) is 0 Å². The Kier molecular flexibility index (Phi) is 8.13. The average molecular weight is 839 g/mol. The van der Waals surface area contributed by atoms with Gasteiger partial charge in [0.25, 0.3) is 0 Å². The molecule has 6 heteroatoms. The molecule has 1 aliphatic carbocycles. The van der Waals surface area contributed by atoms with E-state index in [0.717, 1.165) is 66.1 Å². The molecule has 0 atom stereocenters. The van der Waals surface area contributed by atoms with Crippen molar-refractivity contribution in [2.24, 2.45) is 0 Å². The van der Waals surface area contributed by atoms with Gasteiger partial charge in [-0.2, -0.15) is 0 Å². The predicted octanol–water partition coefficient (Wildman–Crippen LogP) is 15.0. The molecule has 0 fully saturated rings. The molecule has 13 rings (SSSR count). The predicted molar refractivity (Wildman–Crippen MR) is 262 cm³/mol. The lowest BCUT2D eigenvalue weighted by atomic mass is 9.67. The molecule has 63 heavy (non-hydrogen) atoms. The van der Waals surface area contributed by atoms with Crippen molar-refractivity contribution in [1.29, 1.82) is 0 Å². The van der Waals surface area contributed by atoms with Crippen LogP contribution in [0.4, 0.5) is 0 Å². The van der Waals surface area contributed by atoms with Crippen LogP contribution >= 0.6 is 22.7 Å². The van der Waals surface area contributed by atoms with Gasteiger partial charge >= 0.3 is 0 Å². The highest BCUT2D eigenvalue weighted by atomic mass is 32.1. The summed E-state index contributed by atoms with van der Waals surface area (Å²) in [7, 11) is 0. The van der Waals surface area contributed by atoms with E-state index in [4.69, 9.17) is 19.9 Å². The minimum Gasteiger partial charge on any atom is -0.254 e. The zero-order chi connectivity index (χ0) is 41.5. The number of thiophene rings is 2. The summed E-state index contributed by atoms with van der Waals surface area (Å²) < 4.78 is 0. The molecular formula is C57H34N4S2. The molecule has 6 heterocycles. The van der Waals surface area contributed by atoms with Crippen LogP contribution in [-0.2, 0) is 5.41 Å². The van der Waals surface area contributed by atoms with Crippen molar-refractivity contribution in [3.8, 4) is 54.5 Å². The Morgan fingerprint density at radius 2 is 0.762 bits per heavy atom. The quantitative estimate of drug-likeness (QED) is 0.157. The van der Waals surface area contributed by atoms with Gasteiger partial charge in [-0.15, -0.1) is 22.7 Å². The van der Waals surface area contributed by atoms with Crippen LogP contribution < -0.4 is 0 Å². The van der Waals surface area contributed by atoms with Crippen molar-refractivity contribution in [3.63, 3.8) is 0 Å². The summed E-state index contributed by atoms with van der Waals surface area (Å²) in [5.74, 6) is 0. The molecular weight excluding hydrogens is 805 g/mol. The van der Waals surface area contributed by atoms with Crippen LogP contribution in [0.3, 0.4) is 0 Å². The second kappa shape index (κ2) is 14.2. The number of benzene rings is 6. The number of aromatic nitrogens is 4. The Morgan fingerprint density at radius 3 is 1.19 bits per heavy atom. The lowest BCUT2D eigenvalue weighted by Gasteiger charge is -2.34. The fraction of sp³-hybridized carbons (Fsp3) is 0.0175. The second-order valence-corrected chi connectivity index (χ2v) is 18.1. The maximum Gasteiger partial charge on any atom is 0.0972 e. The van der Waals surface area contributed by atoms with Crippen molar-refractivity contribution in [3.05, 3.63) is 227 Å². The Morgan fingerprint density at radius 1 is 0.349 bits per heavy atom. The molecule has 0 unspecified atom stereocenters. The molecule has 0 spiro atoms. The topological polar surface area (TPSA) is 51.6 Å². The molecule has 0 saturated carbocycles. The number of hydrogen-bond acceptors (Lipinski definition) is 6. The number of rotatable bonds is 6. The maximum atomic E-state index is 5.23. The van der Waals surface area contributed by atoms with Gasteiger partial charge in [-0.3, -0.25) is 9.97 Å². The zero-order valence-corrected chi connectivity index (χ0v) is 35.4. The third-order valence-corrected chi connectivity index (χ3v) is 14.7. The van der Waals surface area contributed by atoms with Crippen molar-refractivity contribution < 1.29 is 0 Å². The fourth-order valence-electron chi connectivity index (χ4n) is 9.86. The highest BCUT2D eigenvalue weighted by Crippen LogP contribution is 2.58. The van der Waals surface area contributed by atoms with Gasteiger partial charge in [-0.25, -0.2) is 9.97 Å². The van der Waals surface area contributed by atoms with Crippen molar-refractivity contribution >= 4 is 66.3 Å². The lowest BCUT2D eigenvalue weighted by Crippen LogP contribution is -2.28. The Hall–Kier alpha value is -7.64. The van der Waals surface area contributed by atoms with E-state index in [2.05, 4.69) is 181 Å². The highest BCUT2D eigenvalue weighted by molar-refractivity contribution is 7.13. The minimum absolute atomic E-state index is 0.643. The van der Waals surface area contributed by atoms with E-state index in [9.17, 15) is 0 Å². The molecule has 0 amide bonds. The van der Waals surface area contributed by atoms with E-state index < -0.39 is 5.41 Å². The summed E-state index contributed by atoms with van der Waals surface area (Å²) in [6.45, 7) is 0. The first-order chi connectivity index (χ1) is 31.2. The van der Waals surface area contributed by atoms with Crippen molar-refractivity contribution in [2.75, 3.05) is 0 Å². The number of pyridine rings is 4. The van der Waals surface area contributed by atoms with Gasteiger partial charge in [0, 0.05) is 54.8 Å². The number of nitrogens with zero attached hydrogens (tertiary/aromatic N) is 4. The third kappa shape index (κ3) is 5.65. The van der Waals surface area contributed by atoms with Crippen LogP contribution in [0, 0.1) is 0 Å². The zero-order valence-electron chi connectivity index (χ0n) is 33.7. The van der Waals surface area contributed by atoms with E-state index in [1.807, 2.05) is 24.5 Å². The first-order valence-corrected chi connectivity index (χ1v) is 22.8. The third-order valence-electron chi connectivity index (χ3n) is 12.8. The van der Waals surface area contributed by atoms with E-state index in [0.29, 0.717) is 0 Å². The molecule has 12 aromatic rings. The number of hydrogen-bond donors (Lipinski definition) is 0. The van der Waals surface area contributed by atoms with Crippen LogP contribution in [-0.4, -0.2) is 19.9 Å². The molecule has 6 aromatic heterocycles. The Bertz CT molecular complexity index is 3480.